The average molecular weight is 396 g/mol. The fourth-order valence-electron chi connectivity index (χ4n) is 2.77. The van der Waals surface area contributed by atoms with Crippen LogP contribution in [0.2, 0.25) is 0 Å². The number of nitrogens with one attached hydrogen (secondary N) is 1. The van der Waals surface area contributed by atoms with Gasteiger partial charge in [-0.15, -0.1) is 0 Å². The Kier molecular flexibility index (Phi) is 5.46. The van der Waals surface area contributed by atoms with Gasteiger partial charge in [0.1, 0.15) is 5.75 Å². The number of hydrogen-bond donors (Lipinski definition) is 1. The van der Waals surface area contributed by atoms with Crippen molar-refractivity contribution < 1.29 is 17.9 Å². The molecule has 0 aliphatic rings. The van der Waals surface area contributed by atoms with Crippen molar-refractivity contribution >= 4 is 21.4 Å². The first-order chi connectivity index (χ1) is 13.3. The van der Waals surface area contributed by atoms with E-state index in [2.05, 4.69) is 10.3 Å². The zero-order chi connectivity index (χ0) is 20.3. The zero-order valence-corrected chi connectivity index (χ0v) is 16.6. The Hall–Kier alpha value is -3.19. The van der Waals surface area contributed by atoms with Gasteiger partial charge < -0.3 is 10.1 Å². The molecule has 1 aromatic heterocycles. The summed E-state index contributed by atoms with van der Waals surface area (Å²) in [7, 11) is -1.74. The van der Waals surface area contributed by atoms with Gasteiger partial charge >= 0.3 is 0 Å². The Morgan fingerprint density at radius 3 is 2.46 bits per heavy atom. The molecule has 1 N–H and O–H groups in total. The summed E-state index contributed by atoms with van der Waals surface area (Å²) in [6.07, 6.45) is 2.82. The van der Waals surface area contributed by atoms with Gasteiger partial charge in [-0.05, 0) is 61.0 Å². The number of nitrogens with zero attached hydrogens (tertiary/aromatic N) is 1. The molecule has 0 saturated carbocycles. The van der Waals surface area contributed by atoms with E-state index in [1.165, 1.54) is 12.1 Å². The van der Waals surface area contributed by atoms with Crippen LogP contribution in [0.5, 0.6) is 5.75 Å². The number of methoxy groups -OCH3 is 1. The summed E-state index contributed by atoms with van der Waals surface area (Å²) >= 11 is 0. The lowest BCUT2D eigenvalue weighted by atomic mass is 10.1. The van der Waals surface area contributed by atoms with Crippen LogP contribution in [0.15, 0.2) is 65.7 Å². The average Bonchev–Trinajstić information content (AvgIpc) is 2.68. The lowest BCUT2D eigenvalue weighted by Crippen LogP contribution is -2.13. The highest BCUT2D eigenvalue weighted by Gasteiger charge is 2.15. The van der Waals surface area contributed by atoms with E-state index in [0.29, 0.717) is 33.8 Å². The van der Waals surface area contributed by atoms with Crippen LogP contribution in [0.3, 0.4) is 0 Å². The summed E-state index contributed by atoms with van der Waals surface area (Å²) in [5.41, 5.74) is 3.05. The van der Waals surface area contributed by atoms with Crippen LogP contribution >= 0.6 is 0 Å². The van der Waals surface area contributed by atoms with Gasteiger partial charge in [0.15, 0.2) is 9.84 Å². The van der Waals surface area contributed by atoms with Crippen molar-refractivity contribution in [3.63, 3.8) is 0 Å². The molecule has 0 bridgehead atoms. The largest absolute Gasteiger partial charge is 0.496 e. The lowest BCUT2D eigenvalue weighted by molar-refractivity contribution is 0.102. The first-order valence-corrected chi connectivity index (χ1v) is 10.4. The molecule has 6 nitrogen and oxygen atoms in total. The van der Waals surface area contributed by atoms with E-state index in [1.807, 2.05) is 18.2 Å². The monoisotopic (exact) mass is 396 g/mol. The first-order valence-electron chi connectivity index (χ1n) is 8.51. The van der Waals surface area contributed by atoms with Crippen molar-refractivity contribution in [2.24, 2.45) is 0 Å². The van der Waals surface area contributed by atoms with E-state index in [0.717, 1.165) is 6.26 Å². The smallest absolute Gasteiger partial charge is 0.255 e. The number of amides is 1. The molecule has 0 radical (unpaired) electrons. The molecule has 0 unspecified atom stereocenters. The van der Waals surface area contributed by atoms with Gasteiger partial charge in [0.25, 0.3) is 5.91 Å². The topological polar surface area (TPSA) is 85.4 Å². The standard InChI is InChI=1S/C21H20N2O4S/c1-14-12-16(28(3,25)26)8-9-18(14)23-21(24)15-7-10-20(27-2)17(13-15)19-6-4-5-11-22-19/h4-13H,1-3H3,(H,23,24). The highest BCUT2D eigenvalue weighted by Crippen LogP contribution is 2.30. The molecule has 0 saturated heterocycles. The fourth-order valence-corrected chi connectivity index (χ4v) is 3.48. The number of aromatic nitrogens is 1. The summed E-state index contributed by atoms with van der Waals surface area (Å²) in [4.78, 5) is 17.3. The summed E-state index contributed by atoms with van der Waals surface area (Å²) in [6, 6.07) is 15.2. The molecule has 0 spiro atoms. The molecule has 0 atom stereocenters. The van der Waals surface area contributed by atoms with Gasteiger partial charge in [-0.2, -0.15) is 0 Å². The third-order valence-electron chi connectivity index (χ3n) is 4.28. The predicted octanol–water partition coefficient (Wildman–Crippen LogP) is 3.72. The Labute approximate surface area is 164 Å². The molecule has 3 aromatic rings. The Bertz CT molecular complexity index is 1130. The molecule has 2 aromatic carbocycles. The maximum atomic E-state index is 12.7. The van der Waals surface area contributed by atoms with Gasteiger partial charge in [0.05, 0.1) is 17.7 Å². The van der Waals surface area contributed by atoms with E-state index in [9.17, 15) is 13.2 Å². The van der Waals surface area contributed by atoms with E-state index in [1.54, 1.807) is 44.5 Å². The molecule has 0 aliphatic heterocycles. The van der Waals surface area contributed by atoms with E-state index < -0.39 is 9.84 Å². The second-order valence-electron chi connectivity index (χ2n) is 6.33. The lowest BCUT2D eigenvalue weighted by Gasteiger charge is -2.12. The molecular weight excluding hydrogens is 376 g/mol. The van der Waals surface area contributed by atoms with Crippen molar-refractivity contribution in [2.45, 2.75) is 11.8 Å². The number of ether oxygens (including phenoxy) is 1. The van der Waals surface area contributed by atoms with Crippen molar-refractivity contribution in [1.29, 1.82) is 0 Å². The Morgan fingerprint density at radius 2 is 1.86 bits per heavy atom. The Balaban J connectivity index is 1.91. The summed E-state index contributed by atoms with van der Waals surface area (Å²) < 4.78 is 28.7. The molecule has 1 amide bonds. The highest BCUT2D eigenvalue weighted by molar-refractivity contribution is 7.90. The number of sulfone groups is 1. The summed E-state index contributed by atoms with van der Waals surface area (Å²) in [6.45, 7) is 1.75. The van der Waals surface area contributed by atoms with Crippen LogP contribution in [0.4, 0.5) is 5.69 Å². The number of hydrogen-bond acceptors (Lipinski definition) is 5. The molecule has 0 aliphatic carbocycles. The summed E-state index contributed by atoms with van der Waals surface area (Å²) in [5, 5.41) is 2.83. The number of carbonyl (C=O) groups excluding carboxylic acids is 1. The molecule has 7 heteroatoms. The minimum absolute atomic E-state index is 0.213. The molecule has 1 heterocycles. The van der Waals surface area contributed by atoms with Crippen molar-refractivity contribution in [3.8, 4) is 17.0 Å². The zero-order valence-electron chi connectivity index (χ0n) is 15.8. The fraction of sp³-hybridized carbons (Fsp3) is 0.143. The van der Waals surface area contributed by atoms with Gasteiger partial charge in [0.2, 0.25) is 0 Å². The van der Waals surface area contributed by atoms with Crippen molar-refractivity contribution in [3.05, 3.63) is 71.9 Å². The molecule has 0 fully saturated rings. The number of aryl methyl sites for hydroxylation is 1. The number of carbonyl (C=O) groups is 1. The van der Waals surface area contributed by atoms with Crippen molar-refractivity contribution in [1.82, 2.24) is 4.98 Å². The number of benzene rings is 2. The molecule has 3 rings (SSSR count). The van der Waals surface area contributed by atoms with Crippen LogP contribution in [-0.4, -0.2) is 32.7 Å². The Morgan fingerprint density at radius 1 is 1.07 bits per heavy atom. The maximum absolute atomic E-state index is 12.7. The van der Waals surface area contributed by atoms with E-state index in [4.69, 9.17) is 4.74 Å². The maximum Gasteiger partial charge on any atom is 0.255 e. The minimum Gasteiger partial charge on any atom is -0.496 e. The summed E-state index contributed by atoms with van der Waals surface area (Å²) in [5.74, 6) is 0.305. The van der Waals surface area contributed by atoms with E-state index >= 15 is 0 Å². The highest BCUT2D eigenvalue weighted by atomic mass is 32.2. The van der Waals surface area contributed by atoms with Crippen LogP contribution in [0.1, 0.15) is 15.9 Å². The van der Waals surface area contributed by atoms with Gasteiger partial charge in [-0.1, -0.05) is 6.07 Å². The van der Waals surface area contributed by atoms with Crippen LogP contribution in [0.25, 0.3) is 11.3 Å². The molecule has 28 heavy (non-hydrogen) atoms. The second-order valence-corrected chi connectivity index (χ2v) is 8.35. The second kappa shape index (κ2) is 7.82. The quantitative estimate of drug-likeness (QED) is 0.710. The van der Waals surface area contributed by atoms with Crippen LogP contribution in [0, 0.1) is 6.92 Å². The SMILES string of the molecule is COc1ccc(C(=O)Nc2ccc(S(C)(=O)=O)cc2C)cc1-c1ccccn1. The van der Waals surface area contributed by atoms with Crippen LogP contribution < -0.4 is 10.1 Å². The molecule has 144 valence electrons. The minimum atomic E-state index is -3.30. The third kappa shape index (κ3) is 4.20. The normalized spacial score (nSPS) is 11.1. The van der Waals surface area contributed by atoms with Gasteiger partial charge in [-0.25, -0.2) is 8.42 Å². The van der Waals surface area contributed by atoms with Crippen LogP contribution in [-0.2, 0) is 9.84 Å². The van der Waals surface area contributed by atoms with Gasteiger partial charge in [0, 0.05) is 29.3 Å². The number of rotatable bonds is 5. The first kappa shape index (κ1) is 19.6. The molecular formula is C21H20N2O4S. The van der Waals surface area contributed by atoms with Crippen molar-refractivity contribution in [2.75, 3.05) is 18.7 Å². The third-order valence-corrected chi connectivity index (χ3v) is 5.39. The van der Waals surface area contributed by atoms with Gasteiger partial charge in [-0.3, -0.25) is 9.78 Å². The van der Waals surface area contributed by atoms with E-state index in [-0.39, 0.29) is 10.8 Å². The number of anilines is 1. The number of pyridine rings is 1. The predicted molar refractivity (Wildman–Crippen MR) is 108 cm³/mol.